The van der Waals surface area contributed by atoms with E-state index in [1.807, 2.05) is 0 Å². The van der Waals surface area contributed by atoms with E-state index in [0.29, 0.717) is 22.4 Å². The molecule has 6 N–H and O–H groups in total. The van der Waals surface area contributed by atoms with E-state index in [1.54, 1.807) is 37.3 Å². The summed E-state index contributed by atoms with van der Waals surface area (Å²) in [6.45, 7) is 1.71. The first-order chi connectivity index (χ1) is 12.8. The molecule has 0 unspecified atom stereocenters. The molecule has 0 saturated heterocycles. The van der Waals surface area contributed by atoms with E-state index in [1.165, 1.54) is 13.1 Å². The maximum Gasteiger partial charge on any atom is 0.257 e. The Morgan fingerprint density at radius 2 is 1.93 bits per heavy atom. The molecular weight excluding hydrogens is 348 g/mol. The molecule has 2 aromatic rings. The Hall–Kier alpha value is -3.55. The number of nitrogens with one attached hydrogen (secondary N) is 3. The lowest BCUT2D eigenvalue weighted by molar-refractivity contribution is -0.122. The first kappa shape index (κ1) is 19.8. The Bertz CT molecular complexity index is 860. The zero-order valence-corrected chi connectivity index (χ0v) is 15.1. The summed E-state index contributed by atoms with van der Waals surface area (Å²) in [7, 11) is 1.50. The average Bonchev–Trinajstić information content (AvgIpc) is 2.63. The smallest absolute Gasteiger partial charge is 0.257 e. The van der Waals surface area contributed by atoms with Crippen molar-refractivity contribution in [2.45, 2.75) is 13.5 Å². The lowest BCUT2D eigenvalue weighted by Gasteiger charge is -2.14. The molecule has 27 heavy (non-hydrogen) atoms. The zero-order chi connectivity index (χ0) is 20.0. The molecule has 0 aliphatic heterocycles. The monoisotopic (exact) mass is 370 g/mol. The predicted octanol–water partition coefficient (Wildman–Crippen LogP) is 1.04. The van der Waals surface area contributed by atoms with Gasteiger partial charge in [-0.15, -0.1) is 0 Å². The van der Waals surface area contributed by atoms with Crippen LogP contribution in [0.5, 0.6) is 11.5 Å². The summed E-state index contributed by atoms with van der Waals surface area (Å²) in [4.78, 5) is 23.8. The van der Waals surface area contributed by atoms with Gasteiger partial charge in [-0.1, -0.05) is 12.1 Å². The molecule has 0 radical (unpaired) electrons. The number of hydrogen-bond acceptors (Lipinski definition) is 5. The van der Waals surface area contributed by atoms with Gasteiger partial charge in [-0.3, -0.25) is 15.0 Å². The van der Waals surface area contributed by atoms with E-state index in [-0.39, 0.29) is 36.6 Å². The van der Waals surface area contributed by atoms with Gasteiger partial charge in [-0.05, 0) is 36.8 Å². The molecule has 142 valence electrons. The van der Waals surface area contributed by atoms with E-state index >= 15 is 0 Å². The minimum absolute atomic E-state index is 0.0144. The van der Waals surface area contributed by atoms with Crippen molar-refractivity contribution in [2.75, 3.05) is 13.7 Å². The molecule has 2 amide bonds. The van der Waals surface area contributed by atoms with E-state index in [4.69, 9.17) is 15.9 Å². The van der Waals surface area contributed by atoms with Crippen LogP contribution in [-0.4, -0.2) is 36.4 Å². The van der Waals surface area contributed by atoms with Gasteiger partial charge in [0.05, 0.1) is 0 Å². The molecule has 0 aliphatic carbocycles. The number of aryl methyl sites for hydroxylation is 1. The van der Waals surface area contributed by atoms with E-state index in [9.17, 15) is 14.7 Å². The van der Waals surface area contributed by atoms with Gasteiger partial charge >= 0.3 is 0 Å². The van der Waals surface area contributed by atoms with Crippen LogP contribution in [0.4, 0.5) is 0 Å². The molecule has 0 spiro atoms. The SMILES string of the molecule is CNC(=O)COc1cc(C(=N)N)ccc1CNC(=O)c1cc(C)cc(O)c1. The molecule has 8 heteroatoms. The number of aromatic hydroxyl groups is 1. The Labute approximate surface area is 156 Å². The number of nitrogens with two attached hydrogens (primary N) is 1. The maximum atomic E-state index is 12.3. The Morgan fingerprint density at radius 1 is 1.19 bits per heavy atom. The highest BCUT2D eigenvalue weighted by molar-refractivity contribution is 5.96. The fourth-order valence-electron chi connectivity index (χ4n) is 2.39. The number of nitrogen functional groups attached to an aromatic ring is 1. The Morgan fingerprint density at radius 3 is 2.56 bits per heavy atom. The number of carbonyl (C=O) groups is 2. The number of amidine groups is 1. The molecule has 8 nitrogen and oxygen atoms in total. The highest BCUT2D eigenvalue weighted by Gasteiger charge is 2.12. The van der Waals surface area contributed by atoms with Gasteiger partial charge in [0.25, 0.3) is 11.8 Å². The van der Waals surface area contributed by atoms with Crippen molar-refractivity contribution >= 4 is 17.6 Å². The Balaban J connectivity index is 2.17. The van der Waals surface area contributed by atoms with E-state index in [2.05, 4.69) is 10.6 Å². The van der Waals surface area contributed by atoms with Gasteiger partial charge in [-0.2, -0.15) is 0 Å². The molecule has 0 saturated carbocycles. The quantitative estimate of drug-likeness (QED) is 0.366. The normalized spacial score (nSPS) is 10.1. The first-order valence-corrected chi connectivity index (χ1v) is 8.19. The summed E-state index contributed by atoms with van der Waals surface area (Å²) >= 11 is 0. The lowest BCUT2D eigenvalue weighted by Crippen LogP contribution is -2.26. The van der Waals surface area contributed by atoms with Crippen LogP contribution in [-0.2, 0) is 11.3 Å². The summed E-state index contributed by atoms with van der Waals surface area (Å²) in [5.41, 5.74) is 7.66. The molecule has 0 aromatic heterocycles. The summed E-state index contributed by atoms with van der Waals surface area (Å²) in [6, 6.07) is 9.45. The van der Waals surface area contributed by atoms with Gasteiger partial charge in [0.2, 0.25) is 0 Å². The van der Waals surface area contributed by atoms with Gasteiger partial charge < -0.3 is 26.2 Å². The summed E-state index contributed by atoms with van der Waals surface area (Å²) in [5.74, 6) is -0.444. The van der Waals surface area contributed by atoms with E-state index in [0.717, 1.165) is 5.56 Å². The van der Waals surface area contributed by atoms with Crippen LogP contribution in [0.15, 0.2) is 36.4 Å². The van der Waals surface area contributed by atoms with Crippen LogP contribution >= 0.6 is 0 Å². The van der Waals surface area contributed by atoms with Crippen LogP contribution < -0.4 is 21.1 Å². The molecule has 2 rings (SSSR count). The third-order valence-electron chi connectivity index (χ3n) is 3.78. The molecule has 0 heterocycles. The summed E-state index contributed by atoms with van der Waals surface area (Å²) in [5, 5.41) is 22.4. The van der Waals surface area contributed by atoms with Crippen molar-refractivity contribution in [1.29, 1.82) is 5.41 Å². The highest BCUT2D eigenvalue weighted by Crippen LogP contribution is 2.21. The van der Waals surface area contributed by atoms with E-state index < -0.39 is 0 Å². The van der Waals surface area contributed by atoms with Crippen LogP contribution in [0.3, 0.4) is 0 Å². The highest BCUT2D eigenvalue weighted by atomic mass is 16.5. The number of benzene rings is 2. The third kappa shape index (κ3) is 5.46. The third-order valence-corrected chi connectivity index (χ3v) is 3.78. The second kappa shape index (κ2) is 8.70. The molecular formula is C19H22N4O4. The number of phenols is 1. The predicted molar refractivity (Wildman–Crippen MR) is 101 cm³/mol. The van der Waals surface area contributed by atoms with Gasteiger partial charge in [0.15, 0.2) is 6.61 Å². The number of hydrogen-bond donors (Lipinski definition) is 5. The van der Waals surface area contributed by atoms with Crippen molar-refractivity contribution < 1.29 is 19.4 Å². The van der Waals surface area contributed by atoms with Crippen molar-refractivity contribution in [3.05, 3.63) is 58.7 Å². The number of ether oxygens (including phenoxy) is 1. The van der Waals surface area contributed by atoms with Crippen molar-refractivity contribution in [2.24, 2.45) is 5.73 Å². The van der Waals surface area contributed by atoms with Crippen LogP contribution in [0.2, 0.25) is 0 Å². The molecule has 0 aliphatic rings. The fraction of sp³-hybridized carbons (Fsp3) is 0.211. The second-order valence-corrected chi connectivity index (χ2v) is 5.94. The standard InChI is InChI=1S/C19H22N4O4/c1-11-5-14(7-15(24)6-11)19(26)23-9-13-4-3-12(18(20)21)8-16(13)27-10-17(25)22-2/h3-8,24H,9-10H2,1-2H3,(H3,20,21)(H,22,25)(H,23,26). The number of amides is 2. The number of likely N-dealkylation sites (N-methyl/N-ethyl adjacent to an activating group) is 1. The van der Waals surface area contributed by atoms with Crippen LogP contribution in [0, 0.1) is 12.3 Å². The van der Waals surface area contributed by atoms with Gasteiger partial charge in [0, 0.05) is 30.3 Å². The molecule has 0 bridgehead atoms. The minimum atomic E-state index is -0.359. The van der Waals surface area contributed by atoms with Crippen LogP contribution in [0.25, 0.3) is 0 Å². The van der Waals surface area contributed by atoms with Crippen molar-refractivity contribution in [1.82, 2.24) is 10.6 Å². The molecule has 0 atom stereocenters. The maximum absolute atomic E-state index is 12.3. The Kier molecular flexibility index (Phi) is 6.37. The molecule has 2 aromatic carbocycles. The van der Waals surface area contributed by atoms with Gasteiger partial charge in [0.1, 0.15) is 17.3 Å². The number of phenolic OH excluding ortho intramolecular Hbond substituents is 1. The minimum Gasteiger partial charge on any atom is -0.508 e. The lowest BCUT2D eigenvalue weighted by atomic mass is 10.1. The van der Waals surface area contributed by atoms with Crippen molar-refractivity contribution in [3.63, 3.8) is 0 Å². The number of carbonyl (C=O) groups excluding carboxylic acids is 2. The first-order valence-electron chi connectivity index (χ1n) is 8.19. The largest absolute Gasteiger partial charge is 0.508 e. The summed E-state index contributed by atoms with van der Waals surface area (Å²) < 4.78 is 5.50. The molecule has 0 fully saturated rings. The van der Waals surface area contributed by atoms with Crippen molar-refractivity contribution in [3.8, 4) is 11.5 Å². The average molecular weight is 370 g/mol. The fourth-order valence-corrected chi connectivity index (χ4v) is 2.39. The van der Waals surface area contributed by atoms with Crippen LogP contribution in [0.1, 0.15) is 27.0 Å². The zero-order valence-electron chi connectivity index (χ0n) is 15.1. The summed E-state index contributed by atoms with van der Waals surface area (Å²) in [6.07, 6.45) is 0. The second-order valence-electron chi connectivity index (χ2n) is 5.94. The topological polar surface area (TPSA) is 138 Å². The van der Waals surface area contributed by atoms with Gasteiger partial charge in [-0.25, -0.2) is 0 Å². The number of rotatable bonds is 7.